The van der Waals surface area contributed by atoms with Crippen molar-refractivity contribution in [3.8, 4) is 5.88 Å². The van der Waals surface area contributed by atoms with Gasteiger partial charge in [-0.2, -0.15) is 0 Å². The largest absolute Gasteiger partial charge is 0.481 e. The maximum Gasteiger partial charge on any atom is 0.253 e. The summed E-state index contributed by atoms with van der Waals surface area (Å²) < 4.78 is 5.54. The molecule has 1 amide bonds. The summed E-state index contributed by atoms with van der Waals surface area (Å²) in [4.78, 5) is 15.7. The molecule has 0 saturated heterocycles. The van der Waals surface area contributed by atoms with Crippen molar-refractivity contribution >= 4 is 27.5 Å². The van der Waals surface area contributed by atoms with Crippen LogP contribution < -0.4 is 10.1 Å². The van der Waals surface area contributed by atoms with E-state index in [0.29, 0.717) is 22.6 Å². The van der Waals surface area contributed by atoms with Crippen LogP contribution in [0.15, 0.2) is 16.7 Å². The maximum absolute atomic E-state index is 11.7. The van der Waals surface area contributed by atoms with Gasteiger partial charge in [-0.3, -0.25) is 4.79 Å². The molecular formula is C12H17BrN2O3. The third-order valence-electron chi connectivity index (χ3n) is 2.38. The summed E-state index contributed by atoms with van der Waals surface area (Å²) in [7, 11) is 1.50. The van der Waals surface area contributed by atoms with Crippen molar-refractivity contribution in [2.24, 2.45) is 0 Å². The second kappa shape index (κ2) is 7.33. The Morgan fingerprint density at radius 2 is 2.33 bits per heavy atom. The molecule has 2 N–H and O–H groups in total. The minimum Gasteiger partial charge on any atom is -0.481 e. The van der Waals surface area contributed by atoms with E-state index in [9.17, 15) is 9.90 Å². The molecule has 100 valence electrons. The first kappa shape index (κ1) is 14.9. The van der Waals surface area contributed by atoms with E-state index >= 15 is 0 Å². The Morgan fingerprint density at radius 3 is 2.94 bits per heavy atom. The van der Waals surface area contributed by atoms with Crippen LogP contribution >= 0.6 is 15.9 Å². The zero-order valence-electron chi connectivity index (χ0n) is 10.4. The number of halogens is 1. The maximum atomic E-state index is 11.7. The summed E-state index contributed by atoms with van der Waals surface area (Å²) in [6.45, 7) is 2.01. The minimum atomic E-state index is -0.983. The number of amides is 1. The molecule has 1 aromatic heterocycles. The number of hydrogen-bond acceptors (Lipinski definition) is 4. The number of carbonyl (C=O) groups is 1. The monoisotopic (exact) mass is 316 g/mol. The molecule has 0 fully saturated rings. The van der Waals surface area contributed by atoms with Crippen molar-refractivity contribution in [1.29, 1.82) is 0 Å². The van der Waals surface area contributed by atoms with E-state index in [2.05, 4.69) is 26.2 Å². The lowest BCUT2D eigenvalue weighted by atomic mass is 10.1. The molecule has 0 aromatic carbocycles. The molecule has 0 saturated carbocycles. The third-order valence-corrected chi connectivity index (χ3v) is 2.79. The van der Waals surface area contributed by atoms with Crippen molar-refractivity contribution in [2.75, 3.05) is 12.4 Å². The number of methoxy groups -OCH3 is 1. The normalized spacial score (nSPS) is 12.0. The van der Waals surface area contributed by atoms with Crippen molar-refractivity contribution in [3.63, 3.8) is 0 Å². The summed E-state index contributed by atoms with van der Waals surface area (Å²) in [6.07, 6.45) is 1.24. The highest BCUT2D eigenvalue weighted by atomic mass is 79.9. The Kier molecular flexibility index (Phi) is 6.07. The third kappa shape index (κ3) is 4.62. The van der Waals surface area contributed by atoms with Gasteiger partial charge >= 0.3 is 0 Å². The Hall–Kier alpha value is -1.14. The Balaban J connectivity index is 2.66. The molecule has 0 aliphatic rings. The first-order valence-electron chi connectivity index (χ1n) is 5.77. The fourth-order valence-electron chi connectivity index (χ4n) is 1.40. The van der Waals surface area contributed by atoms with Crippen LogP contribution in [0.25, 0.3) is 0 Å². The molecule has 1 aromatic rings. The molecule has 0 spiro atoms. The number of nitrogens with one attached hydrogen (secondary N) is 1. The van der Waals surface area contributed by atoms with Gasteiger partial charge in [0.25, 0.3) is 5.91 Å². The molecule has 0 aliphatic heterocycles. The fourth-order valence-corrected chi connectivity index (χ4v) is 1.83. The van der Waals surface area contributed by atoms with Crippen LogP contribution in [-0.2, 0) is 4.79 Å². The van der Waals surface area contributed by atoms with Crippen LogP contribution in [0.1, 0.15) is 26.2 Å². The zero-order chi connectivity index (χ0) is 13.5. The van der Waals surface area contributed by atoms with Gasteiger partial charge in [-0.15, -0.1) is 0 Å². The molecule has 1 atom stereocenters. The van der Waals surface area contributed by atoms with Gasteiger partial charge in [0.15, 0.2) is 0 Å². The first-order valence-corrected chi connectivity index (χ1v) is 6.56. The Morgan fingerprint density at radius 1 is 1.61 bits per heavy atom. The summed E-state index contributed by atoms with van der Waals surface area (Å²) in [5.74, 6) is -0.0219. The van der Waals surface area contributed by atoms with Gasteiger partial charge in [0, 0.05) is 11.8 Å². The zero-order valence-corrected chi connectivity index (χ0v) is 12.0. The fraction of sp³-hybridized carbons (Fsp3) is 0.500. The van der Waals surface area contributed by atoms with Gasteiger partial charge in [0.2, 0.25) is 5.88 Å². The molecule has 1 rings (SSSR count). The summed E-state index contributed by atoms with van der Waals surface area (Å²) in [5.41, 5.74) is 0.536. The van der Waals surface area contributed by atoms with Gasteiger partial charge < -0.3 is 15.2 Å². The summed E-state index contributed by atoms with van der Waals surface area (Å²) >= 11 is 3.22. The topological polar surface area (TPSA) is 71.5 Å². The van der Waals surface area contributed by atoms with Crippen LogP contribution in [0.5, 0.6) is 5.88 Å². The van der Waals surface area contributed by atoms with Crippen LogP contribution in [-0.4, -0.2) is 29.2 Å². The lowest BCUT2D eigenvalue weighted by molar-refractivity contribution is -0.124. The average molecular weight is 317 g/mol. The highest BCUT2D eigenvalue weighted by molar-refractivity contribution is 9.10. The molecule has 6 heteroatoms. The van der Waals surface area contributed by atoms with E-state index in [4.69, 9.17) is 4.74 Å². The lowest BCUT2D eigenvalue weighted by Crippen LogP contribution is -2.27. The number of anilines is 1. The minimum absolute atomic E-state index is 0.391. The van der Waals surface area contributed by atoms with Crippen LogP contribution in [0.2, 0.25) is 0 Å². The van der Waals surface area contributed by atoms with Gasteiger partial charge in [0.1, 0.15) is 10.7 Å². The number of aliphatic hydroxyl groups excluding tert-OH is 1. The molecule has 18 heavy (non-hydrogen) atoms. The standard InChI is InChI=1S/C12H17BrN2O3/c1-3-4-5-9(16)12(17)14-8-6-10(13)15-11(7-8)18-2/h6-7,9,16H,3-5H2,1-2H3,(H,14,15,17). The quantitative estimate of drug-likeness (QED) is 0.790. The lowest BCUT2D eigenvalue weighted by Gasteiger charge is -2.11. The van der Waals surface area contributed by atoms with E-state index in [1.165, 1.54) is 7.11 Å². The summed E-state index contributed by atoms with van der Waals surface area (Å²) in [5, 5.41) is 12.3. The number of aromatic nitrogens is 1. The van der Waals surface area contributed by atoms with Gasteiger partial charge in [-0.25, -0.2) is 4.98 Å². The number of pyridine rings is 1. The number of nitrogens with zero attached hydrogens (tertiary/aromatic N) is 1. The molecule has 0 radical (unpaired) electrons. The second-order valence-electron chi connectivity index (χ2n) is 3.87. The van der Waals surface area contributed by atoms with E-state index in [1.807, 2.05) is 6.92 Å². The number of carbonyl (C=O) groups excluding carboxylic acids is 1. The van der Waals surface area contributed by atoms with Crippen molar-refractivity contribution in [3.05, 3.63) is 16.7 Å². The van der Waals surface area contributed by atoms with Crippen LogP contribution in [0.4, 0.5) is 5.69 Å². The Labute approximate surface area is 115 Å². The van der Waals surface area contributed by atoms with Crippen LogP contribution in [0, 0.1) is 0 Å². The number of unbranched alkanes of at least 4 members (excludes halogenated alkanes) is 1. The van der Waals surface area contributed by atoms with Crippen molar-refractivity contribution in [1.82, 2.24) is 4.98 Å². The summed E-state index contributed by atoms with van der Waals surface area (Å²) in [6, 6.07) is 3.24. The number of aliphatic hydroxyl groups is 1. The highest BCUT2D eigenvalue weighted by Gasteiger charge is 2.15. The molecule has 1 unspecified atom stereocenters. The Bertz CT molecular complexity index is 412. The van der Waals surface area contributed by atoms with Gasteiger partial charge in [0.05, 0.1) is 7.11 Å². The number of hydrogen-bond donors (Lipinski definition) is 2. The molecule has 5 nitrogen and oxygen atoms in total. The predicted molar refractivity (Wildman–Crippen MR) is 72.7 cm³/mol. The van der Waals surface area contributed by atoms with E-state index in [-0.39, 0.29) is 0 Å². The SMILES string of the molecule is CCCCC(O)C(=O)Nc1cc(Br)nc(OC)c1. The van der Waals surface area contributed by atoms with E-state index in [1.54, 1.807) is 12.1 Å². The molecular weight excluding hydrogens is 300 g/mol. The number of rotatable bonds is 6. The molecule has 0 aliphatic carbocycles. The molecule has 0 bridgehead atoms. The van der Waals surface area contributed by atoms with E-state index < -0.39 is 12.0 Å². The molecule has 1 heterocycles. The first-order chi connectivity index (χ1) is 8.56. The van der Waals surface area contributed by atoms with Gasteiger partial charge in [-0.05, 0) is 28.4 Å². The van der Waals surface area contributed by atoms with Gasteiger partial charge in [-0.1, -0.05) is 19.8 Å². The van der Waals surface area contributed by atoms with Crippen molar-refractivity contribution in [2.45, 2.75) is 32.3 Å². The van der Waals surface area contributed by atoms with E-state index in [0.717, 1.165) is 12.8 Å². The second-order valence-corrected chi connectivity index (χ2v) is 4.68. The average Bonchev–Trinajstić information content (AvgIpc) is 2.34. The predicted octanol–water partition coefficient (Wildman–Crippen LogP) is 2.34. The highest BCUT2D eigenvalue weighted by Crippen LogP contribution is 2.20. The smallest absolute Gasteiger partial charge is 0.253 e. The number of ether oxygens (including phenoxy) is 1. The van der Waals surface area contributed by atoms with Crippen molar-refractivity contribution < 1.29 is 14.6 Å². The van der Waals surface area contributed by atoms with Crippen LogP contribution in [0.3, 0.4) is 0 Å².